The Labute approximate surface area is 165 Å². The quantitative estimate of drug-likeness (QED) is 0.766. The van der Waals surface area contributed by atoms with Crippen LogP contribution in [0.5, 0.6) is 0 Å². The topological polar surface area (TPSA) is 47.3 Å². The van der Waals surface area contributed by atoms with E-state index >= 15 is 0 Å². The molecule has 3 fully saturated rings. The number of piperidine rings is 1. The predicted octanol–water partition coefficient (Wildman–Crippen LogP) is 5.09. The molecule has 1 aromatic heterocycles. The van der Waals surface area contributed by atoms with Gasteiger partial charge in [-0.15, -0.1) is 12.4 Å². The summed E-state index contributed by atoms with van der Waals surface area (Å²) < 4.78 is 12.1. The lowest BCUT2D eigenvalue weighted by Gasteiger charge is -2.29. The number of benzene rings is 1. The van der Waals surface area contributed by atoms with Gasteiger partial charge in [-0.25, -0.2) is 0 Å². The number of hydrogen-bond acceptors (Lipinski definition) is 4. The van der Waals surface area contributed by atoms with Crippen molar-refractivity contribution in [2.24, 2.45) is 0 Å². The standard InChI is InChI=1S/C20H23ClN2O2.ClH/c21-18-4-2-1-3-16(18)19-17(20(25-23-19)12-5-6-12)11-24-15-9-13-7-8-14(10-15)22-13;/h1-4,12-15,22H,5-11H2;1H/t13-,14+,15+;. The van der Waals surface area contributed by atoms with Crippen LogP contribution < -0.4 is 5.32 Å². The van der Waals surface area contributed by atoms with Crippen LogP contribution in [0.25, 0.3) is 11.3 Å². The van der Waals surface area contributed by atoms with Crippen molar-refractivity contribution in [1.82, 2.24) is 10.5 Å². The molecule has 3 atom stereocenters. The van der Waals surface area contributed by atoms with Crippen molar-refractivity contribution >= 4 is 24.0 Å². The lowest BCUT2D eigenvalue weighted by Crippen LogP contribution is -2.41. The highest BCUT2D eigenvalue weighted by molar-refractivity contribution is 6.33. The zero-order valence-electron chi connectivity index (χ0n) is 14.6. The van der Waals surface area contributed by atoms with Gasteiger partial charge in [-0.05, 0) is 44.6 Å². The first-order chi connectivity index (χ1) is 12.3. The molecule has 26 heavy (non-hydrogen) atoms. The van der Waals surface area contributed by atoms with E-state index in [4.69, 9.17) is 20.9 Å². The van der Waals surface area contributed by atoms with E-state index in [1.54, 1.807) is 0 Å². The third kappa shape index (κ3) is 3.53. The number of nitrogens with one attached hydrogen (secondary N) is 1. The van der Waals surface area contributed by atoms with Gasteiger partial charge in [0.15, 0.2) is 0 Å². The number of fused-ring (bicyclic) bond motifs is 2. The summed E-state index contributed by atoms with van der Waals surface area (Å²) in [5, 5.41) is 8.74. The Morgan fingerprint density at radius 2 is 1.85 bits per heavy atom. The second-order valence-electron chi connectivity index (χ2n) is 7.67. The van der Waals surface area contributed by atoms with E-state index in [9.17, 15) is 0 Å². The highest BCUT2D eigenvalue weighted by Gasteiger charge is 2.36. The smallest absolute Gasteiger partial charge is 0.145 e. The van der Waals surface area contributed by atoms with Gasteiger partial charge in [-0.2, -0.15) is 0 Å². The zero-order chi connectivity index (χ0) is 16.8. The summed E-state index contributed by atoms with van der Waals surface area (Å²) in [5.74, 6) is 1.51. The maximum atomic E-state index is 6.40. The average Bonchev–Trinajstić information content (AvgIpc) is 3.30. The molecule has 2 bridgehead atoms. The first-order valence-corrected chi connectivity index (χ1v) is 9.76. The minimum atomic E-state index is 0. The summed E-state index contributed by atoms with van der Waals surface area (Å²) in [5.41, 5.74) is 2.88. The van der Waals surface area contributed by atoms with Crippen molar-refractivity contribution in [1.29, 1.82) is 0 Å². The number of hydrogen-bond donors (Lipinski definition) is 1. The Hall–Kier alpha value is -1.07. The Bertz CT molecular complexity index is 763. The maximum Gasteiger partial charge on any atom is 0.145 e. The highest BCUT2D eigenvalue weighted by Crippen LogP contribution is 2.45. The molecule has 2 saturated heterocycles. The van der Waals surface area contributed by atoms with Crippen LogP contribution in [0.2, 0.25) is 5.02 Å². The van der Waals surface area contributed by atoms with Gasteiger partial charge >= 0.3 is 0 Å². The molecule has 1 N–H and O–H groups in total. The second kappa shape index (κ2) is 7.51. The molecule has 0 radical (unpaired) electrons. The van der Waals surface area contributed by atoms with Crippen molar-refractivity contribution in [3.8, 4) is 11.3 Å². The van der Waals surface area contributed by atoms with E-state index in [0.29, 0.717) is 35.7 Å². The first kappa shape index (κ1) is 18.3. The average molecular weight is 395 g/mol. The Morgan fingerprint density at radius 3 is 2.54 bits per heavy atom. The van der Waals surface area contributed by atoms with Crippen LogP contribution in [0.15, 0.2) is 28.8 Å². The first-order valence-electron chi connectivity index (χ1n) is 9.39. The molecule has 1 aromatic carbocycles. The van der Waals surface area contributed by atoms with Crippen LogP contribution in [0, 0.1) is 0 Å². The molecule has 2 aromatic rings. The van der Waals surface area contributed by atoms with Crippen LogP contribution in [0.4, 0.5) is 0 Å². The summed E-state index contributed by atoms with van der Waals surface area (Å²) in [7, 11) is 0. The molecule has 1 aliphatic carbocycles. The minimum absolute atomic E-state index is 0. The van der Waals surface area contributed by atoms with Gasteiger partial charge < -0.3 is 14.6 Å². The fraction of sp³-hybridized carbons (Fsp3) is 0.550. The Balaban J connectivity index is 0.00000168. The molecular formula is C20H24Cl2N2O2. The monoisotopic (exact) mass is 394 g/mol. The van der Waals surface area contributed by atoms with Crippen molar-refractivity contribution in [2.75, 3.05) is 0 Å². The van der Waals surface area contributed by atoms with Crippen LogP contribution in [-0.2, 0) is 11.3 Å². The van der Waals surface area contributed by atoms with E-state index in [2.05, 4.69) is 10.5 Å². The lowest BCUT2D eigenvalue weighted by molar-refractivity contribution is 0.00876. The Kier molecular flexibility index (Phi) is 5.29. The fourth-order valence-electron chi connectivity index (χ4n) is 4.33. The summed E-state index contributed by atoms with van der Waals surface area (Å²) in [6.07, 6.45) is 7.50. The van der Waals surface area contributed by atoms with Crippen molar-refractivity contribution < 1.29 is 9.26 Å². The third-order valence-corrected chi connectivity index (χ3v) is 6.12. The van der Waals surface area contributed by atoms with E-state index in [-0.39, 0.29) is 12.4 Å². The van der Waals surface area contributed by atoms with Crippen LogP contribution in [-0.4, -0.2) is 23.3 Å². The maximum absolute atomic E-state index is 6.40. The van der Waals surface area contributed by atoms with Crippen LogP contribution in [0.1, 0.15) is 55.8 Å². The predicted molar refractivity (Wildman–Crippen MR) is 104 cm³/mol. The molecule has 3 heterocycles. The lowest BCUT2D eigenvalue weighted by atomic mass is 10.0. The number of halogens is 2. The number of nitrogens with zero attached hydrogens (tertiary/aromatic N) is 1. The molecule has 4 nitrogen and oxygen atoms in total. The Morgan fingerprint density at radius 1 is 1.12 bits per heavy atom. The van der Waals surface area contributed by atoms with Gasteiger partial charge in [-0.1, -0.05) is 35.0 Å². The van der Waals surface area contributed by atoms with E-state index in [0.717, 1.165) is 35.4 Å². The molecule has 5 rings (SSSR count). The van der Waals surface area contributed by atoms with Gasteiger partial charge in [-0.3, -0.25) is 0 Å². The number of ether oxygens (including phenoxy) is 1. The summed E-state index contributed by atoms with van der Waals surface area (Å²) in [4.78, 5) is 0. The van der Waals surface area contributed by atoms with Crippen molar-refractivity contribution in [3.63, 3.8) is 0 Å². The van der Waals surface area contributed by atoms with Crippen LogP contribution >= 0.6 is 24.0 Å². The molecule has 1 saturated carbocycles. The number of rotatable bonds is 5. The van der Waals surface area contributed by atoms with Crippen molar-refractivity contribution in [3.05, 3.63) is 40.6 Å². The van der Waals surface area contributed by atoms with E-state index in [1.165, 1.54) is 25.7 Å². The third-order valence-electron chi connectivity index (χ3n) is 5.79. The summed E-state index contributed by atoms with van der Waals surface area (Å²) in [6.45, 7) is 0.569. The normalized spacial score (nSPS) is 27.3. The summed E-state index contributed by atoms with van der Waals surface area (Å²) in [6, 6.07) is 9.11. The zero-order valence-corrected chi connectivity index (χ0v) is 16.2. The number of aromatic nitrogens is 1. The molecule has 6 heteroatoms. The van der Waals surface area contributed by atoms with Crippen molar-refractivity contribution in [2.45, 2.75) is 69.2 Å². The van der Waals surface area contributed by atoms with Gasteiger partial charge in [0.1, 0.15) is 11.5 Å². The fourth-order valence-corrected chi connectivity index (χ4v) is 4.56. The molecule has 3 aliphatic rings. The van der Waals surface area contributed by atoms with Gasteiger partial charge in [0.05, 0.1) is 17.7 Å². The molecule has 140 valence electrons. The minimum Gasteiger partial charge on any atom is -0.373 e. The molecular weight excluding hydrogens is 371 g/mol. The molecule has 0 spiro atoms. The second-order valence-corrected chi connectivity index (χ2v) is 8.08. The van der Waals surface area contributed by atoms with E-state index in [1.807, 2.05) is 24.3 Å². The van der Waals surface area contributed by atoms with Gasteiger partial charge in [0.25, 0.3) is 0 Å². The molecule has 0 unspecified atom stereocenters. The molecule has 2 aliphatic heterocycles. The highest BCUT2D eigenvalue weighted by atomic mass is 35.5. The SMILES string of the molecule is Cl.Clc1ccccc1-c1noc(C2CC2)c1CO[C@H]1C[C@H]2CC[C@@H](C1)N2. The van der Waals surface area contributed by atoms with Gasteiger partial charge in [0.2, 0.25) is 0 Å². The molecule has 0 amide bonds. The van der Waals surface area contributed by atoms with Crippen LogP contribution in [0.3, 0.4) is 0 Å². The van der Waals surface area contributed by atoms with Gasteiger partial charge in [0, 0.05) is 29.1 Å². The summed E-state index contributed by atoms with van der Waals surface area (Å²) >= 11 is 6.40. The largest absolute Gasteiger partial charge is 0.373 e. The van der Waals surface area contributed by atoms with E-state index < -0.39 is 0 Å².